The lowest BCUT2D eigenvalue weighted by Gasteiger charge is -2.29. The summed E-state index contributed by atoms with van der Waals surface area (Å²) in [7, 11) is 1.75. The fourth-order valence-electron chi connectivity index (χ4n) is 5.12. The minimum Gasteiger partial charge on any atom is -0.361 e. The number of thioether (sulfide) groups is 1. The number of rotatable bonds is 10. The molecular weight excluding hydrogens is 450 g/mol. The Morgan fingerprint density at radius 3 is 2.50 bits per heavy atom. The largest absolute Gasteiger partial charge is 0.361 e. The van der Waals surface area contributed by atoms with E-state index < -0.39 is 6.04 Å². The third-order valence-electron chi connectivity index (χ3n) is 6.99. The van der Waals surface area contributed by atoms with Crippen LogP contribution in [0.15, 0.2) is 40.9 Å². The van der Waals surface area contributed by atoms with Crippen molar-refractivity contribution in [3.05, 3.63) is 42.2 Å². The number of aromatic nitrogens is 1. The maximum Gasteiger partial charge on any atom is 0.245 e. The highest BCUT2D eigenvalue weighted by molar-refractivity contribution is 7.98. The molecule has 1 aliphatic heterocycles. The van der Waals surface area contributed by atoms with Gasteiger partial charge in [-0.15, -0.1) is 0 Å². The van der Waals surface area contributed by atoms with E-state index in [0.29, 0.717) is 25.8 Å². The Morgan fingerprint density at radius 2 is 1.85 bits per heavy atom. The topological polar surface area (TPSA) is 83.7 Å². The summed E-state index contributed by atoms with van der Waals surface area (Å²) >= 11 is 1.62. The Morgan fingerprint density at radius 1 is 1.18 bits per heavy atom. The highest BCUT2D eigenvalue weighted by Gasteiger charge is 2.51. The minimum absolute atomic E-state index is 0.141. The summed E-state index contributed by atoms with van der Waals surface area (Å²) in [5, 5.41) is 4.15. The molecule has 3 unspecified atom stereocenters. The number of aryl methyl sites for hydroxylation is 1. The van der Waals surface area contributed by atoms with Crippen LogP contribution in [0.3, 0.4) is 0 Å². The van der Waals surface area contributed by atoms with Crippen LogP contribution in [0.2, 0.25) is 0 Å². The second kappa shape index (κ2) is 11.2. The van der Waals surface area contributed by atoms with E-state index in [1.807, 2.05) is 42.7 Å². The number of likely N-dealkylation sites (tertiary alicyclic amines) is 1. The number of benzene rings is 1. The van der Waals surface area contributed by atoms with Gasteiger partial charge in [0, 0.05) is 31.6 Å². The van der Waals surface area contributed by atoms with Crippen molar-refractivity contribution in [3.8, 4) is 11.3 Å². The molecule has 1 saturated heterocycles. The van der Waals surface area contributed by atoms with E-state index in [9.17, 15) is 14.4 Å². The molecule has 0 radical (unpaired) electrons. The molecule has 4 rings (SSSR count). The van der Waals surface area contributed by atoms with Gasteiger partial charge in [0.15, 0.2) is 0 Å². The van der Waals surface area contributed by atoms with Crippen molar-refractivity contribution < 1.29 is 18.9 Å². The third-order valence-corrected chi connectivity index (χ3v) is 7.63. The van der Waals surface area contributed by atoms with Crippen molar-refractivity contribution in [2.75, 3.05) is 25.6 Å². The minimum atomic E-state index is -0.710. The van der Waals surface area contributed by atoms with Gasteiger partial charge in [0.2, 0.25) is 17.7 Å². The molecule has 0 N–H and O–H groups in total. The van der Waals surface area contributed by atoms with E-state index >= 15 is 0 Å². The molecule has 2 aromatic rings. The smallest absolute Gasteiger partial charge is 0.245 e. The molecule has 182 valence electrons. The van der Waals surface area contributed by atoms with Crippen LogP contribution in [0.4, 0.5) is 0 Å². The van der Waals surface area contributed by atoms with E-state index in [2.05, 4.69) is 5.16 Å². The summed E-state index contributed by atoms with van der Waals surface area (Å²) in [5.41, 5.74) is 1.80. The first kappa shape index (κ1) is 24.5. The number of hydrogen-bond acceptors (Lipinski definition) is 6. The van der Waals surface area contributed by atoms with E-state index in [0.717, 1.165) is 48.5 Å². The number of nitrogens with zero attached hydrogens (tertiary/aromatic N) is 3. The Hall–Kier alpha value is -2.61. The number of hydrogen-bond donors (Lipinski definition) is 0. The predicted molar refractivity (Wildman–Crippen MR) is 132 cm³/mol. The molecule has 7 nitrogen and oxygen atoms in total. The van der Waals surface area contributed by atoms with Crippen LogP contribution in [0.5, 0.6) is 0 Å². The van der Waals surface area contributed by atoms with Crippen molar-refractivity contribution in [2.45, 2.75) is 51.0 Å². The van der Waals surface area contributed by atoms with Crippen LogP contribution in [0.25, 0.3) is 11.3 Å². The molecule has 1 aliphatic carbocycles. The van der Waals surface area contributed by atoms with Gasteiger partial charge in [0.25, 0.3) is 0 Å². The molecule has 0 bridgehead atoms. The van der Waals surface area contributed by atoms with Gasteiger partial charge in [-0.3, -0.25) is 19.3 Å². The molecule has 1 aromatic carbocycles. The molecule has 1 saturated carbocycles. The Bertz CT molecular complexity index is 984. The van der Waals surface area contributed by atoms with Crippen LogP contribution in [-0.4, -0.2) is 64.3 Å². The fraction of sp³-hybridized carbons (Fsp3) is 0.538. The third kappa shape index (κ3) is 5.22. The molecule has 2 aliphatic rings. The predicted octanol–water partition coefficient (Wildman–Crippen LogP) is 4.03. The molecule has 0 spiro atoms. The molecule has 3 amide bonds. The fourth-order valence-corrected chi connectivity index (χ4v) is 5.58. The van der Waals surface area contributed by atoms with Crippen LogP contribution < -0.4 is 0 Å². The summed E-state index contributed by atoms with van der Waals surface area (Å²) in [4.78, 5) is 42.6. The second-order valence-electron chi connectivity index (χ2n) is 9.25. The second-order valence-corrected chi connectivity index (χ2v) is 10.2. The van der Waals surface area contributed by atoms with Gasteiger partial charge in [0.05, 0.1) is 11.8 Å². The Kier molecular flexibility index (Phi) is 8.08. The van der Waals surface area contributed by atoms with Crippen molar-refractivity contribution in [2.24, 2.45) is 11.8 Å². The maximum atomic E-state index is 13.4. The highest BCUT2D eigenvalue weighted by atomic mass is 32.2. The number of carbonyl (C=O) groups excluding carboxylic acids is 3. The average Bonchev–Trinajstić information content (AvgIpc) is 3.43. The first-order valence-corrected chi connectivity index (χ1v) is 13.5. The van der Waals surface area contributed by atoms with Gasteiger partial charge in [0.1, 0.15) is 17.5 Å². The Balaban J connectivity index is 1.37. The lowest BCUT2D eigenvalue weighted by molar-refractivity contribution is -0.151. The number of likely N-dealkylation sites (N-methyl/N-ethyl adjacent to an activating group) is 1. The molecule has 1 aromatic heterocycles. The molecule has 8 heteroatoms. The van der Waals surface area contributed by atoms with Gasteiger partial charge in [-0.2, -0.15) is 11.8 Å². The normalized spacial score (nSPS) is 20.9. The van der Waals surface area contributed by atoms with Gasteiger partial charge < -0.3 is 9.42 Å². The van der Waals surface area contributed by atoms with E-state index in [1.54, 1.807) is 23.7 Å². The average molecular weight is 484 g/mol. The first-order chi connectivity index (χ1) is 16.5. The quantitative estimate of drug-likeness (QED) is 0.475. The van der Waals surface area contributed by atoms with Crippen LogP contribution >= 0.6 is 11.8 Å². The summed E-state index contributed by atoms with van der Waals surface area (Å²) < 4.78 is 5.47. The van der Waals surface area contributed by atoms with E-state index in [1.165, 1.54) is 4.90 Å². The molecular formula is C26H33N3O4S. The SMILES string of the molecule is CSCCC(C(=O)N(C)CCCc1cc(-c2ccccc2)no1)N1C(=O)C2CCCCC2C1=O. The molecule has 2 heterocycles. The lowest BCUT2D eigenvalue weighted by atomic mass is 9.81. The van der Waals surface area contributed by atoms with Crippen molar-refractivity contribution >= 4 is 29.5 Å². The number of fused-ring (bicyclic) bond motifs is 1. The first-order valence-electron chi connectivity index (χ1n) is 12.1. The number of amides is 3. The zero-order valence-electron chi connectivity index (χ0n) is 19.9. The van der Waals surface area contributed by atoms with Gasteiger partial charge in [-0.05, 0) is 37.7 Å². The van der Waals surface area contributed by atoms with E-state index in [-0.39, 0.29) is 29.6 Å². The summed E-state index contributed by atoms with van der Waals surface area (Å²) in [5.74, 6) is 0.583. The van der Waals surface area contributed by atoms with Gasteiger partial charge in [-0.1, -0.05) is 48.3 Å². The molecule has 34 heavy (non-hydrogen) atoms. The summed E-state index contributed by atoms with van der Waals surface area (Å²) in [6.07, 6.45) is 7.28. The highest BCUT2D eigenvalue weighted by Crippen LogP contribution is 2.39. The molecule has 2 fully saturated rings. The number of imide groups is 1. The van der Waals surface area contributed by atoms with Gasteiger partial charge in [-0.25, -0.2) is 0 Å². The van der Waals surface area contributed by atoms with Crippen molar-refractivity contribution in [1.29, 1.82) is 0 Å². The zero-order chi connectivity index (χ0) is 24.1. The Labute approximate surface area is 205 Å². The van der Waals surface area contributed by atoms with Crippen molar-refractivity contribution in [1.82, 2.24) is 15.0 Å². The monoisotopic (exact) mass is 483 g/mol. The standard InChI is InChI=1S/C26H33N3O4S/c1-28(15-8-11-19-17-22(27-33-19)18-9-4-3-5-10-18)26(32)23(14-16-34-2)29-24(30)20-12-6-7-13-21(20)25(29)31/h3-5,9-10,17,20-21,23H,6-8,11-16H2,1-2H3. The number of carbonyl (C=O) groups is 3. The van der Waals surface area contributed by atoms with E-state index in [4.69, 9.17) is 4.52 Å². The summed E-state index contributed by atoms with van der Waals surface area (Å²) in [6.45, 7) is 0.513. The lowest BCUT2D eigenvalue weighted by Crippen LogP contribution is -2.51. The molecule has 3 atom stereocenters. The summed E-state index contributed by atoms with van der Waals surface area (Å²) in [6, 6.07) is 11.1. The van der Waals surface area contributed by atoms with Crippen LogP contribution in [-0.2, 0) is 20.8 Å². The van der Waals surface area contributed by atoms with Gasteiger partial charge >= 0.3 is 0 Å². The zero-order valence-corrected chi connectivity index (χ0v) is 20.8. The van der Waals surface area contributed by atoms with Crippen LogP contribution in [0, 0.1) is 11.8 Å². The van der Waals surface area contributed by atoms with Crippen molar-refractivity contribution in [3.63, 3.8) is 0 Å². The van der Waals surface area contributed by atoms with Crippen LogP contribution in [0.1, 0.15) is 44.3 Å². The maximum absolute atomic E-state index is 13.4.